The van der Waals surface area contributed by atoms with Crippen LogP contribution < -0.4 is 5.32 Å². The molecule has 0 bridgehead atoms. The molecule has 4 rings (SSSR count). The van der Waals surface area contributed by atoms with Gasteiger partial charge in [0.2, 0.25) is 0 Å². The molecule has 3 heteroatoms. The van der Waals surface area contributed by atoms with Gasteiger partial charge in [-0.05, 0) is 62.1 Å². The van der Waals surface area contributed by atoms with Crippen LogP contribution in [0.25, 0.3) is 0 Å². The minimum absolute atomic E-state index is 0.643. The van der Waals surface area contributed by atoms with Crippen LogP contribution in [-0.2, 0) is 6.54 Å². The number of nitrogens with one attached hydrogen (secondary N) is 1. The van der Waals surface area contributed by atoms with Gasteiger partial charge in [-0.25, -0.2) is 0 Å². The van der Waals surface area contributed by atoms with Crippen molar-refractivity contribution in [3.8, 4) is 0 Å². The number of benzene rings is 1. The number of rotatable bonds is 4. The van der Waals surface area contributed by atoms with Crippen molar-refractivity contribution in [2.75, 3.05) is 11.9 Å². The lowest BCUT2D eigenvalue weighted by Crippen LogP contribution is -2.35. The van der Waals surface area contributed by atoms with E-state index in [2.05, 4.69) is 34.5 Å². The van der Waals surface area contributed by atoms with Gasteiger partial charge in [0.05, 0.1) is 12.8 Å². The van der Waals surface area contributed by atoms with Gasteiger partial charge in [-0.15, -0.1) is 0 Å². The number of nitrogens with zero attached hydrogens (tertiary/aromatic N) is 1. The third-order valence-electron chi connectivity index (χ3n) is 5.19. The highest BCUT2D eigenvalue weighted by molar-refractivity contribution is 5.45. The monoisotopic (exact) mass is 296 g/mol. The first kappa shape index (κ1) is 13.9. The predicted molar refractivity (Wildman–Crippen MR) is 88.8 cm³/mol. The van der Waals surface area contributed by atoms with Crippen molar-refractivity contribution in [3.05, 3.63) is 54.0 Å². The second-order valence-corrected chi connectivity index (χ2v) is 6.54. The molecule has 2 aliphatic rings. The predicted octanol–water partition coefficient (Wildman–Crippen LogP) is 4.58. The first-order chi connectivity index (χ1) is 10.9. The number of hydrogen-bond donors (Lipinski definition) is 1. The summed E-state index contributed by atoms with van der Waals surface area (Å²) >= 11 is 0. The van der Waals surface area contributed by atoms with Crippen molar-refractivity contribution in [2.24, 2.45) is 0 Å². The highest BCUT2D eigenvalue weighted by atomic mass is 16.3. The van der Waals surface area contributed by atoms with Gasteiger partial charge in [-0.2, -0.15) is 0 Å². The second-order valence-electron chi connectivity index (χ2n) is 6.54. The zero-order chi connectivity index (χ0) is 14.8. The maximum Gasteiger partial charge on any atom is 0.122 e. The van der Waals surface area contributed by atoms with Crippen LogP contribution in [0.3, 0.4) is 0 Å². The summed E-state index contributed by atoms with van der Waals surface area (Å²) in [6.07, 6.45) is 8.61. The van der Waals surface area contributed by atoms with Crippen molar-refractivity contribution >= 4 is 5.69 Å². The van der Waals surface area contributed by atoms with Crippen LogP contribution in [0.4, 0.5) is 5.69 Å². The van der Waals surface area contributed by atoms with Crippen LogP contribution >= 0.6 is 0 Å². The summed E-state index contributed by atoms with van der Waals surface area (Å²) in [5.74, 6) is 0.969. The van der Waals surface area contributed by atoms with E-state index in [1.165, 1.54) is 44.2 Å². The summed E-state index contributed by atoms with van der Waals surface area (Å²) in [6.45, 7) is 2.03. The molecular formula is C19H24N2O. The average molecular weight is 296 g/mol. The Balaban J connectivity index is 1.41. The average Bonchev–Trinajstić information content (AvgIpc) is 3.23. The van der Waals surface area contributed by atoms with Crippen LogP contribution in [0.15, 0.2) is 47.1 Å². The minimum atomic E-state index is 0.643. The molecule has 0 amide bonds. The molecule has 0 radical (unpaired) electrons. The quantitative estimate of drug-likeness (QED) is 0.895. The Morgan fingerprint density at radius 1 is 1.05 bits per heavy atom. The molecule has 1 aromatic carbocycles. The molecule has 3 nitrogen and oxygen atoms in total. The number of furan rings is 1. The fraction of sp³-hybridized carbons (Fsp3) is 0.474. The molecule has 0 saturated carbocycles. The third-order valence-corrected chi connectivity index (χ3v) is 5.19. The van der Waals surface area contributed by atoms with Crippen LogP contribution in [0.1, 0.15) is 49.5 Å². The molecule has 1 N–H and O–H groups in total. The fourth-order valence-corrected chi connectivity index (χ4v) is 4.04. The molecule has 1 aromatic heterocycles. The lowest BCUT2D eigenvalue weighted by atomic mass is 10.0. The maximum absolute atomic E-state index is 5.35. The zero-order valence-electron chi connectivity index (χ0n) is 13.0. The van der Waals surface area contributed by atoms with Crippen molar-refractivity contribution in [2.45, 2.75) is 50.7 Å². The number of piperidine rings is 1. The molecule has 0 spiro atoms. The van der Waals surface area contributed by atoms with Crippen molar-refractivity contribution in [1.29, 1.82) is 0 Å². The Hall–Kier alpha value is -1.74. The van der Waals surface area contributed by atoms with E-state index in [4.69, 9.17) is 4.42 Å². The van der Waals surface area contributed by atoms with E-state index in [0.29, 0.717) is 6.04 Å². The van der Waals surface area contributed by atoms with Crippen LogP contribution in [0.5, 0.6) is 0 Å². The zero-order valence-corrected chi connectivity index (χ0v) is 13.0. The molecule has 2 aromatic rings. The molecule has 2 atom stereocenters. The van der Waals surface area contributed by atoms with Gasteiger partial charge >= 0.3 is 0 Å². The van der Waals surface area contributed by atoms with Gasteiger partial charge in [-0.1, -0.05) is 18.6 Å². The lowest BCUT2D eigenvalue weighted by molar-refractivity contribution is 0.150. The van der Waals surface area contributed by atoms with Gasteiger partial charge in [0.25, 0.3) is 0 Å². The molecule has 0 unspecified atom stereocenters. The number of anilines is 1. The Kier molecular flexibility index (Phi) is 3.90. The molecule has 2 saturated heterocycles. The lowest BCUT2D eigenvalue weighted by Gasteiger charge is -2.34. The SMILES string of the molecule is c1coc(CNc2ccc([C@H]3CC[C@H]4CCCCN43)cc2)c1. The van der Waals surface area contributed by atoms with E-state index in [1.54, 1.807) is 6.26 Å². The third kappa shape index (κ3) is 2.78. The molecule has 2 fully saturated rings. The summed E-state index contributed by atoms with van der Waals surface area (Å²) in [5, 5.41) is 3.41. The number of hydrogen-bond acceptors (Lipinski definition) is 3. The minimum Gasteiger partial charge on any atom is -0.467 e. The maximum atomic E-state index is 5.35. The molecular weight excluding hydrogens is 272 g/mol. The summed E-state index contributed by atoms with van der Waals surface area (Å²) in [5.41, 5.74) is 2.64. The van der Waals surface area contributed by atoms with Crippen molar-refractivity contribution in [1.82, 2.24) is 4.90 Å². The highest BCUT2D eigenvalue weighted by Gasteiger charge is 2.35. The van der Waals surface area contributed by atoms with Gasteiger partial charge < -0.3 is 9.73 Å². The van der Waals surface area contributed by atoms with E-state index in [0.717, 1.165) is 24.0 Å². The molecule has 2 aliphatic heterocycles. The highest BCUT2D eigenvalue weighted by Crippen LogP contribution is 2.40. The Morgan fingerprint density at radius 2 is 1.95 bits per heavy atom. The van der Waals surface area contributed by atoms with Crippen molar-refractivity contribution in [3.63, 3.8) is 0 Å². The normalized spacial score (nSPS) is 25.1. The van der Waals surface area contributed by atoms with Gasteiger partial charge in [-0.3, -0.25) is 4.90 Å². The Bertz CT molecular complexity index is 590. The van der Waals surface area contributed by atoms with E-state index < -0.39 is 0 Å². The topological polar surface area (TPSA) is 28.4 Å². The Labute approximate surface area is 132 Å². The molecule has 3 heterocycles. The van der Waals surface area contributed by atoms with Gasteiger partial charge in [0.1, 0.15) is 5.76 Å². The smallest absolute Gasteiger partial charge is 0.122 e. The van der Waals surface area contributed by atoms with E-state index in [1.807, 2.05) is 12.1 Å². The standard InChI is InChI=1S/C19H24N2O/c1-2-12-21-17(4-1)10-11-19(21)15-6-8-16(9-7-15)20-14-18-5-3-13-22-18/h3,5-9,13,17,19-20H,1-2,4,10-12,14H2/t17-,19-/m1/s1. The summed E-state index contributed by atoms with van der Waals surface area (Å²) in [6, 6.07) is 14.4. The van der Waals surface area contributed by atoms with Gasteiger partial charge in [0.15, 0.2) is 0 Å². The molecule has 22 heavy (non-hydrogen) atoms. The number of fused-ring (bicyclic) bond motifs is 1. The summed E-state index contributed by atoms with van der Waals surface area (Å²) < 4.78 is 5.35. The van der Waals surface area contributed by atoms with Gasteiger partial charge in [0, 0.05) is 17.8 Å². The second kappa shape index (κ2) is 6.17. The van der Waals surface area contributed by atoms with Crippen LogP contribution in [0.2, 0.25) is 0 Å². The largest absolute Gasteiger partial charge is 0.467 e. The molecule has 0 aliphatic carbocycles. The summed E-state index contributed by atoms with van der Waals surface area (Å²) in [4.78, 5) is 2.74. The molecule has 116 valence electrons. The Morgan fingerprint density at radius 3 is 2.77 bits per heavy atom. The van der Waals surface area contributed by atoms with E-state index in [9.17, 15) is 0 Å². The van der Waals surface area contributed by atoms with Crippen LogP contribution in [0, 0.1) is 0 Å². The van der Waals surface area contributed by atoms with E-state index in [-0.39, 0.29) is 0 Å². The first-order valence-electron chi connectivity index (χ1n) is 8.52. The summed E-state index contributed by atoms with van der Waals surface area (Å²) in [7, 11) is 0. The van der Waals surface area contributed by atoms with Crippen molar-refractivity contribution < 1.29 is 4.42 Å². The first-order valence-corrected chi connectivity index (χ1v) is 8.52. The van der Waals surface area contributed by atoms with E-state index >= 15 is 0 Å². The van der Waals surface area contributed by atoms with Crippen LogP contribution in [-0.4, -0.2) is 17.5 Å². The fourth-order valence-electron chi connectivity index (χ4n) is 4.04.